The number of H-pyrrole nitrogens is 1. The molecule has 0 amide bonds. The zero-order valence-corrected chi connectivity index (χ0v) is 12.0. The predicted molar refractivity (Wildman–Crippen MR) is 81.7 cm³/mol. The van der Waals surface area contributed by atoms with Gasteiger partial charge in [-0.05, 0) is 30.7 Å². The quantitative estimate of drug-likeness (QED) is 0.754. The first-order chi connectivity index (χ1) is 10.2. The number of thiophene rings is 1. The topological polar surface area (TPSA) is 89.6 Å². The average molecular weight is 299 g/mol. The van der Waals surface area contributed by atoms with Crippen molar-refractivity contribution in [3.63, 3.8) is 0 Å². The minimum Gasteiger partial charge on any atom is -0.383 e. The maximum Gasteiger partial charge on any atom is 0.255 e. The largest absolute Gasteiger partial charge is 0.383 e. The molecule has 21 heavy (non-hydrogen) atoms. The number of nitrogens with zero attached hydrogens (tertiary/aromatic N) is 3. The molecule has 0 aliphatic heterocycles. The lowest BCUT2D eigenvalue weighted by Gasteiger charge is -2.05. The lowest BCUT2D eigenvalue weighted by molar-refractivity contribution is 0.798. The summed E-state index contributed by atoms with van der Waals surface area (Å²) in [6.07, 6.45) is 2.61. The van der Waals surface area contributed by atoms with E-state index in [9.17, 15) is 4.79 Å². The van der Waals surface area contributed by atoms with Crippen molar-refractivity contribution in [2.24, 2.45) is 0 Å². The molecule has 0 spiro atoms. The monoisotopic (exact) mass is 299 g/mol. The van der Waals surface area contributed by atoms with Crippen LogP contribution in [0.4, 0.5) is 5.82 Å². The molecule has 3 aromatic heterocycles. The normalized spacial score (nSPS) is 13.5. The molecule has 3 N–H and O–H groups in total. The van der Waals surface area contributed by atoms with Crippen LogP contribution in [-0.4, -0.2) is 19.7 Å². The van der Waals surface area contributed by atoms with Gasteiger partial charge < -0.3 is 5.73 Å². The van der Waals surface area contributed by atoms with Crippen molar-refractivity contribution in [1.82, 2.24) is 19.7 Å². The van der Waals surface area contributed by atoms with Crippen molar-refractivity contribution in [3.8, 4) is 16.5 Å². The molecule has 0 unspecified atom stereocenters. The highest BCUT2D eigenvalue weighted by Gasteiger charge is 2.19. The molecule has 106 valence electrons. The van der Waals surface area contributed by atoms with E-state index in [4.69, 9.17) is 5.73 Å². The maximum atomic E-state index is 12.1. The van der Waals surface area contributed by atoms with Crippen molar-refractivity contribution < 1.29 is 0 Å². The molecule has 0 aromatic carbocycles. The Balaban J connectivity index is 1.84. The van der Waals surface area contributed by atoms with Gasteiger partial charge in [0.2, 0.25) is 5.95 Å². The number of nitrogens with two attached hydrogens (primary N) is 1. The van der Waals surface area contributed by atoms with Crippen molar-refractivity contribution in [1.29, 1.82) is 0 Å². The Morgan fingerprint density at radius 1 is 1.38 bits per heavy atom. The van der Waals surface area contributed by atoms with E-state index in [2.05, 4.69) is 15.1 Å². The average Bonchev–Trinajstić information content (AvgIpc) is 3.17. The van der Waals surface area contributed by atoms with E-state index in [1.807, 2.05) is 17.5 Å². The van der Waals surface area contributed by atoms with Gasteiger partial charge in [0.1, 0.15) is 11.5 Å². The molecule has 6 nitrogen and oxygen atoms in total. The van der Waals surface area contributed by atoms with Crippen molar-refractivity contribution in [2.45, 2.75) is 19.3 Å². The lowest BCUT2D eigenvalue weighted by atomic mass is 10.3. The zero-order valence-electron chi connectivity index (χ0n) is 11.2. The van der Waals surface area contributed by atoms with Crippen LogP contribution in [0, 0.1) is 0 Å². The van der Waals surface area contributed by atoms with E-state index in [-0.39, 0.29) is 5.56 Å². The molecular weight excluding hydrogens is 286 g/mol. The SMILES string of the molecule is Nc1cc(-c2cccs2)nn1-c1nc2c(c(=O)[nH]1)CCC2. The number of anilines is 1. The molecule has 3 heterocycles. The molecule has 7 heteroatoms. The first-order valence-electron chi connectivity index (χ1n) is 6.74. The highest BCUT2D eigenvalue weighted by Crippen LogP contribution is 2.26. The molecule has 0 bridgehead atoms. The van der Waals surface area contributed by atoms with Gasteiger partial charge in [-0.3, -0.25) is 9.78 Å². The summed E-state index contributed by atoms with van der Waals surface area (Å²) < 4.78 is 1.50. The summed E-state index contributed by atoms with van der Waals surface area (Å²) >= 11 is 1.59. The zero-order chi connectivity index (χ0) is 14.4. The summed E-state index contributed by atoms with van der Waals surface area (Å²) in [6, 6.07) is 5.74. The summed E-state index contributed by atoms with van der Waals surface area (Å²) in [5, 5.41) is 6.44. The van der Waals surface area contributed by atoms with Crippen LogP contribution in [-0.2, 0) is 12.8 Å². The molecule has 1 aliphatic rings. The first kappa shape index (κ1) is 12.3. The Bertz CT molecular complexity index is 862. The molecule has 1 aliphatic carbocycles. The Labute approximate surface area is 124 Å². The Morgan fingerprint density at radius 3 is 3.10 bits per heavy atom. The van der Waals surface area contributed by atoms with E-state index in [1.165, 1.54) is 4.68 Å². The van der Waals surface area contributed by atoms with Gasteiger partial charge in [0.15, 0.2) is 0 Å². The van der Waals surface area contributed by atoms with E-state index >= 15 is 0 Å². The fraction of sp³-hybridized carbons (Fsp3) is 0.214. The van der Waals surface area contributed by atoms with Crippen molar-refractivity contribution in [3.05, 3.63) is 45.2 Å². The lowest BCUT2D eigenvalue weighted by Crippen LogP contribution is -2.19. The minimum atomic E-state index is -0.0833. The maximum absolute atomic E-state index is 12.1. The van der Waals surface area contributed by atoms with E-state index in [0.29, 0.717) is 11.8 Å². The van der Waals surface area contributed by atoms with Gasteiger partial charge in [0, 0.05) is 11.6 Å². The smallest absolute Gasteiger partial charge is 0.255 e. The van der Waals surface area contributed by atoms with Crippen LogP contribution in [0.1, 0.15) is 17.7 Å². The Morgan fingerprint density at radius 2 is 2.29 bits per heavy atom. The number of aryl methyl sites for hydroxylation is 1. The number of hydrogen-bond donors (Lipinski definition) is 2. The second-order valence-electron chi connectivity index (χ2n) is 5.01. The number of nitrogen functional groups attached to an aromatic ring is 1. The van der Waals surface area contributed by atoms with Gasteiger partial charge >= 0.3 is 0 Å². The van der Waals surface area contributed by atoms with Crippen LogP contribution in [0.25, 0.3) is 16.5 Å². The fourth-order valence-corrected chi connectivity index (χ4v) is 3.32. The van der Waals surface area contributed by atoms with E-state index in [0.717, 1.165) is 41.1 Å². The highest BCUT2D eigenvalue weighted by molar-refractivity contribution is 7.13. The van der Waals surface area contributed by atoms with Crippen molar-refractivity contribution >= 4 is 17.2 Å². The van der Waals surface area contributed by atoms with Gasteiger partial charge in [0.05, 0.1) is 10.6 Å². The summed E-state index contributed by atoms with van der Waals surface area (Å²) in [5.74, 6) is 0.848. The standard InChI is InChI=1S/C14H13N5OS/c15-12-7-10(11-5-2-6-21-11)18-19(12)14-16-9-4-1-3-8(9)13(20)17-14/h2,5-7H,1,3-4,15H2,(H,16,17,20). The fourth-order valence-electron chi connectivity index (χ4n) is 2.64. The van der Waals surface area contributed by atoms with Crippen LogP contribution in [0.5, 0.6) is 0 Å². The molecule has 0 radical (unpaired) electrons. The van der Waals surface area contributed by atoms with Gasteiger partial charge in [-0.15, -0.1) is 11.3 Å². The van der Waals surface area contributed by atoms with Crippen LogP contribution in [0.15, 0.2) is 28.4 Å². The molecule has 4 rings (SSSR count). The van der Waals surface area contributed by atoms with E-state index < -0.39 is 0 Å². The van der Waals surface area contributed by atoms with Crippen LogP contribution < -0.4 is 11.3 Å². The molecule has 0 saturated heterocycles. The van der Waals surface area contributed by atoms with Gasteiger partial charge in [-0.1, -0.05) is 6.07 Å². The number of fused-ring (bicyclic) bond motifs is 1. The second kappa shape index (κ2) is 4.56. The van der Waals surface area contributed by atoms with E-state index in [1.54, 1.807) is 17.4 Å². The van der Waals surface area contributed by atoms with Crippen LogP contribution in [0.3, 0.4) is 0 Å². The number of aromatic amines is 1. The third-order valence-corrected chi connectivity index (χ3v) is 4.53. The van der Waals surface area contributed by atoms with Gasteiger partial charge in [-0.25, -0.2) is 4.98 Å². The Hall–Kier alpha value is -2.41. The van der Waals surface area contributed by atoms with Crippen LogP contribution >= 0.6 is 11.3 Å². The summed E-state index contributed by atoms with van der Waals surface area (Å²) in [7, 11) is 0. The molecule has 3 aromatic rings. The van der Waals surface area contributed by atoms with Gasteiger partial charge in [-0.2, -0.15) is 9.78 Å². The molecule has 0 saturated carbocycles. The van der Waals surface area contributed by atoms with Crippen LogP contribution in [0.2, 0.25) is 0 Å². The third kappa shape index (κ3) is 1.97. The summed E-state index contributed by atoms with van der Waals surface area (Å²) in [4.78, 5) is 20.4. The molecular formula is C14H13N5OS. The summed E-state index contributed by atoms with van der Waals surface area (Å²) in [5.41, 5.74) is 8.37. The predicted octanol–water partition coefficient (Wildman–Crippen LogP) is 1.75. The summed E-state index contributed by atoms with van der Waals surface area (Å²) in [6.45, 7) is 0. The Kier molecular flexibility index (Phi) is 2.68. The number of hydrogen-bond acceptors (Lipinski definition) is 5. The minimum absolute atomic E-state index is 0.0833. The van der Waals surface area contributed by atoms with Gasteiger partial charge in [0.25, 0.3) is 5.56 Å². The highest BCUT2D eigenvalue weighted by atomic mass is 32.1. The number of nitrogens with one attached hydrogen (secondary N) is 1. The first-order valence-corrected chi connectivity index (χ1v) is 7.62. The number of rotatable bonds is 2. The number of aromatic nitrogens is 4. The van der Waals surface area contributed by atoms with Crippen molar-refractivity contribution in [2.75, 3.05) is 5.73 Å². The molecule has 0 atom stereocenters. The third-order valence-electron chi connectivity index (χ3n) is 3.64. The second-order valence-corrected chi connectivity index (χ2v) is 5.96. The molecule has 0 fully saturated rings.